The molecule has 4 unspecified atom stereocenters. The highest BCUT2D eigenvalue weighted by Crippen LogP contribution is 2.36. The van der Waals surface area contributed by atoms with Crippen LogP contribution in [0.3, 0.4) is 0 Å². The largest absolute Gasteiger partial charge is 0.420 e. The first-order chi connectivity index (χ1) is 13.0. The van der Waals surface area contributed by atoms with Crippen LogP contribution in [-0.4, -0.2) is 28.5 Å². The molecule has 1 saturated heterocycles. The topological polar surface area (TPSA) is 93.3 Å². The number of nitrogens with one attached hydrogen (secondary N) is 2. The number of benzene rings is 1. The van der Waals surface area contributed by atoms with E-state index >= 15 is 0 Å². The van der Waals surface area contributed by atoms with Crippen LogP contribution in [0.4, 0.5) is 0 Å². The van der Waals surface area contributed by atoms with Gasteiger partial charge in [-0.1, -0.05) is 25.5 Å². The third kappa shape index (κ3) is 3.50. The van der Waals surface area contributed by atoms with Crippen LogP contribution in [0, 0.1) is 11.8 Å². The summed E-state index contributed by atoms with van der Waals surface area (Å²) < 4.78 is 6.53. The van der Waals surface area contributed by atoms with Crippen LogP contribution < -0.4 is 16.4 Å². The Morgan fingerprint density at radius 3 is 2.93 bits per heavy atom. The Kier molecular flexibility index (Phi) is 4.76. The van der Waals surface area contributed by atoms with E-state index < -0.39 is 5.76 Å². The molecule has 2 amide bonds. The minimum Gasteiger partial charge on any atom is -0.408 e. The third-order valence-corrected chi connectivity index (χ3v) is 6.07. The summed E-state index contributed by atoms with van der Waals surface area (Å²) in [6.07, 6.45) is 4.29. The average Bonchev–Trinajstić information content (AvgIpc) is 2.96. The van der Waals surface area contributed by atoms with Crippen molar-refractivity contribution in [1.29, 1.82) is 0 Å². The van der Waals surface area contributed by atoms with Crippen LogP contribution in [0.5, 0.6) is 0 Å². The monoisotopic (exact) mass is 371 g/mol. The van der Waals surface area contributed by atoms with Gasteiger partial charge in [0.2, 0.25) is 11.8 Å². The number of nitrogens with zero attached hydrogens (tertiary/aromatic N) is 1. The van der Waals surface area contributed by atoms with Gasteiger partial charge in [0.25, 0.3) is 0 Å². The molecule has 2 fully saturated rings. The van der Waals surface area contributed by atoms with Gasteiger partial charge in [-0.15, -0.1) is 0 Å². The second-order valence-corrected chi connectivity index (χ2v) is 7.71. The van der Waals surface area contributed by atoms with Crippen molar-refractivity contribution in [1.82, 2.24) is 15.2 Å². The zero-order chi connectivity index (χ0) is 19.0. The molecular weight excluding hydrogens is 346 g/mol. The first-order valence-electron chi connectivity index (χ1n) is 9.72. The summed E-state index contributed by atoms with van der Waals surface area (Å²) in [6, 6.07) is 7.22. The molecule has 2 aromatic rings. The number of hydrogen-bond acceptors (Lipinski definition) is 4. The summed E-state index contributed by atoms with van der Waals surface area (Å²) >= 11 is 0. The van der Waals surface area contributed by atoms with Gasteiger partial charge in [-0.25, -0.2) is 4.79 Å². The maximum absolute atomic E-state index is 12.5. The van der Waals surface area contributed by atoms with E-state index in [-0.39, 0.29) is 30.4 Å². The van der Waals surface area contributed by atoms with E-state index in [1.165, 1.54) is 4.57 Å². The van der Waals surface area contributed by atoms with E-state index in [2.05, 4.69) is 17.6 Å². The Bertz CT molecular complexity index is 915. The molecule has 144 valence electrons. The molecule has 0 spiro atoms. The first kappa shape index (κ1) is 17.8. The van der Waals surface area contributed by atoms with E-state index in [4.69, 9.17) is 4.42 Å². The molecule has 1 aliphatic heterocycles. The normalized spacial score (nSPS) is 27.8. The fourth-order valence-corrected chi connectivity index (χ4v) is 4.74. The maximum atomic E-state index is 12.5. The molecule has 0 radical (unpaired) electrons. The molecule has 1 aromatic carbocycles. The molecule has 7 nitrogen and oxygen atoms in total. The minimum absolute atomic E-state index is 0.0172. The van der Waals surface area contributed by atoms with Gasteiger partial charge in [0.05, 0.1) is 5.52 Å². The summed E-state index contributed by atoms with van der Waals surface area (Å²) in [6.45, 7) is 2.07. The number of amides is 2. The van der Waals surface area contributed by atoms with Crippen LogP contribution in [0.1, 0.15) is 39.0 Å². The second kappa shape index (κ2) is 7.21. The van der Waals surface area contributed by atoms with E-state index in [0.717, 1.165) is 25.7 Å². The van der Waals surface area contributed by atoms with Crippen LogP contribution in [-0.2, 0) is 16.1 Å². The fraction of sp³-hybridized carbons (Fsp3) is 0.550. The van der Waals surface area contributed by atoms with Crippen LogP contribution in [0.2, 0.25) is 0 Å². The summed E-state index contributed by atoms with van der Waals surface area (Å²) in [5.41, 5.74) is 1.10. The number of carbonyl (C=O) groups excluding carboxylic acids is 2. The van der Waals surface area contributed by atoms with Gasteiger partial charge in [-0.3, -0.25) is 14.2 Å². The molecule has 2 N–H and O–H groups in total. The smallest absolute Gasteiger partial charge is 0.408 e. The standard InChI is InChI=1S/C20H25N3O4/c1-2-12-9-18(24)22-15-10-13(7-8-14(12)15)21-19(25)11-23-16-5-3-4-6-17(16)27-20(23)26/h3-6,12-15H,2,7-11H2,1H3,(H,21,25)(H,22,24). The fourth-order valence-electron chi connectivity index (χ4n) is 4.74. The second-order valence-electron chi connectivity index (χ2n) is 7.71. The van der Waals surface area contributed by atoms with Crippen molar-refractivity contribution in [3.8, 4) is 0 Å². The highest BCUT2D eigenvalue weighted by Gasteiger charge is 2.40. The number of oxazole rings is 1. The highest BCUT2D eigenvalue weighted by atomic mass is 16.4. The maximum Gasteiger partial charge on any atom is 0.420 e. The number of hydrogen-bond donors (Lipinski definition) is 2. The average molecular weight is 371 g/mol. The number of carbonyl (C=O) groups is 2. The van der Waals surface area contributed by atoms with Gasteiger partial charge in [-0.2, -0.15) is 0 Å². The molecule has 1 aromatic heterocycles. The summed E-state index contributed by atoms with van der Waals surface area (Å²) in [4.78, 5) is 36.5. The van der Waals surface area contributed by atoms with Gasteiger partial charge in [0.1, 0.15) is 6.54 Å². The summed E-state index contributed by atoms with van der Waals surface area (Å²) in [7, 11) is 0. The van der Waals surface area contributed by atoms with Crippen molar-refractivity contribution >= 4 is 22.9 Å². The Morgan fingerprint density at radius 1 is 1.30 bits per heavy atom. The molecular formula is C20H25N3O4. The zero-order valence-electron chi connectivity index (χ0n) is 15.4. The Hall–Kier alpha value is -2.57. The lowest BCUT2D eigenvalue weighted by molar-refractivity contribution is -0.127. The van der Waals surface area contributed by atoms with Gasteiger partial charge in [0, 0.05) is 18.5 Å². The van der Waals surface area contributed by atoms with Crippen molar-refractivity contribution in [2.75, 3.05) is 0 Å². The van der Waals surface area contributed by atoms with Gasteiger partial charge in [-0.05, 0) is 43.2 Å². The Morgan fingerprint density at radius 2 is 2.11 bits per heavy atom. The van der Waals surface area contributed by atoms with Crippen molar-refractivity contribution in [2.45, 2.75) is 57.7 Å². The lowest BCUT2D eigenvalue weighted by atomic mass is 9.70. The number of rotatable bonds is 4. The van der Waals surface area contributed by atoms with E-state index in [9.17, 15) is 14.4 Å². The quantitative estimate of drug-likeness (QED) is 0.857. The number of aromatic nitrogens is 1. The minimum atomic E-state index is -0.527. The summed E-state index contributed by atoms with van der Waals surface area (Å²) in [5.74, 6) is 0.325. The van der Waals surface area contributed by atoms with Crippen LogP contribution in [0.15, 0.2) is 33.5 Å². The number of piperidine rings is 1. The molecule has 27 heavy (non-hydrogen) atoms. The number of para-hydroxylation sites is 2. The molecule has 2 aliphatic rings. The van der Waals surface area contributed by atoms with Gasteiger partial charge in [0.15, 0.2) is 5.58 Å². The van der Waals surface area contributed by atoms with Crippen molar-refractivity contribution < 1.29 is 14.0 Å². The summed E-state index contributed by atoms with van der Waals surface area (Å²) in [5, 5.41) is 6.14. The molecule has 4 rings (SSSR count). The van der Waals surface area contributed by atoms with E-state index in [1.807, 2.05) is 6.07 Å². The molecule has 1 saturated carbocycles. The van der Waals surface area contributed by atoms with E-state index in [1.54, 1.807) is 18.2 Å². The lowest BCUT2D eigenvalue weighted by Gasteiger charge is -2.44. The predicted octanol–water partition coefficient (Wildman–Crippen LogP) is 1.79. The Balaban J connectivity index is 1.41. The molecule has 0 bridgehead atoms. The van der Waals surface area contributed by atoms with Gasteiger partial charge < -0.3 is 15.1 Å². The number of fused-ring (bicyclic) bond motifs is 2. The highest BCUT2D eigenvalue weighted by molar-refractivity contribution is 5.80. The van der Waals surface area contributed by atoms with Gasteiger partial charge >= 0.3 is 5.76 Å². The SMILES string of the molecule is CCC1CC(=O)NC2CC(NC(=O)Cn3c(=O)oc4ccccc43)CCC12. The third-order valence-electron chi connectivity index (χ3n) is 6.07. The zero-order valence-corrected chi connectivity index (χ0v) is 15.4. The molecule has 2 heterocycles. The van der Waals surface area contributed by atoms with Crippen molar-refractivity contribution in [2.24, 2.45) is 11.8 Å². The van der Waals surface area contributed by atoms with E-state index in [0.29, 0.717) is 29.4 Å². The van der Waals surface area contributed by atoms with Crippen LogP contribution >= 0.6 is 0 Å². The Labute approximate surface area is 157 Å². The van der Waals surface area contributed by atoms with Crippen molar-refractivity contribution in [3.63, 3.8) is 0 Å². The predicted molar refractivity (Wildman–Crippen MR) is 100 cm³/mol. The molecule has 4 atom stereocenters. The molecule has 7 heteroatoms. The van der Waals surface area contributed by atoms with Crippen molar-refractivity contribution in [3.05, 3.63) is 34.8 Å². The first-order valence-corrected chi connectivity index (χ1v) is 9.72. The lowest BCUT2D eigenvalue weighted by Crippen LogP contribution is -2.55. The molecule has 1 aliphatic carbocycles. The van der Waals surface area contributed by atoms with Crippen LogP contribution in [0.25, 0.3) is 11.1 Å².